The van der Waals surface area contributed by atoms with Crippen molar-refractivity contribution in [2.75, 3.05) is 5.75 Å². The van der Waals surface area contributed by atoms with E-state index in [1.165, 1.54) is 0 Å². The van der Waals surface area contributed by atoms with Gasteiger partial charge < -0.3 is 5.11 Å². The molecule has 1 aromatic rings. The molecule has 0 aliphatic heterocycles. The quantitative estimate of drug-likeness (QED) is 0.890. The lowest BCUT2D eigenvalue weighted by molar-refractivity contribution is -0.140. The molecular formula is C10H15BrN2O3S. The third-order valence-corrected chi connectivity index (χ3v) is 4.92. The number of hydrogen-bond acceptors (Lipinski definition) is 3. The van der Waals surface area contributed by atoms with Gasteiger partial charge in [-0.2, -0.15) is 5.10 Å². The summed E-state index contributed by atoms with van der Waals surface area (Å²) < 4.78 is 14.3. The summed E-state index contributed by atoms with van der Waals surface area (Å²) in [6, 6.07) is 0. The zero-order valence-electron chi connectivity index (χ0n) is 9.94. The molecule has 0 spiro atoms. The molecule has 1 rings (SSSR count). The highest BCUT2D eigenvalue weighted by Gasteiger charge is 2.18. The van der Waals surface area contributed by atoms with Crippen molar-refractivity contribution >= 4 is 32.7 Å². The van der Waals surface area contributed by atoms with Gasteiger partial charge in [-0.05, 0) is 22.9 Å². The standard InChI is InChI=1S/C10H15BrN2O3S/c1-6(10(14)15)4-17(16)5-8-9(11)7(2)12-13(8)3/h6H,4-5H2,1-3H3,(H,14,15). The molecule has 7 heteroatoms. The highest BCUT2D eigenvalue weighted by atomic mass is 79.9. The van der Waals surface area contributed by atoms with Gasteiger partial charge in [-0.25, -0.2) is 0 Å². The Labute approximate surface area is 111 Å². The molecule has 0 aliphatic rings. The van der Waals surface area contributed by atoms with Crippen LogP contribution >= 0.6 is 15.9 Å². The number of hydrogen-bond donors (Lipinski definition) is 1. The molecule has 96 valence electrons. The van der Waals surface area contributed by atoms with Crippen LogP contribution < -0.4 is 0 Å². The zero-order chi connectivity index (χ0) is 13.2. The molecule has 0 aromatic carbocycles. The third kappa shape index (κ3) is 3.64. The Balaban J connectivity index is 2.72. The molecule has 1 N–H and O–H groups in total. The Morgan fingerprint density at radius 1 is 1.65 bits per heavy atom. The van der Waals surface area contributed by atoms with Gasteiger partial charge in [0.1, 0.15) is 0 Å². The topological polar surface area (TPSA) is 72.2 Å². The second-order valence-electron chi connectivity index (χ2n) is 3.96. The number of carboxylic acids is 1. The number of carboxylic acid groups (broad SMARTS) is 1. The maximum absolute atomic E-state index is 11.8. The van der Waals surface area contributed by atoms with Crippen LogP contribution in [0.15, 0.2) is 4.47 Å². The SMILES string of the molecule is Cc1nn(C)c(CS(=O)CC(C)C(=O)O)c1Br. The van der Waals surface area contributed by atoms with Gasteiger partial charge in [-0.1, -0.05) is 6.92 Å². The van der Waals surface area contributed by atoms with E-state index in [4.69, 9.17) is 5.11 Å². The fourth-order valence-corrected chi connectivity index (χ4v) is 3.51. The smallest absolute Gasteiger partial charge is 0.307 e. The summed E-state index contributed by atoms with van der Waals surface area (Å²) >= 11 is 3.39. The van der Waals surface area contributed by atoms with E-state index >= 15 is 0 Å². The summed E-state index contributed by atoms with van der Waals surface area (Å²) in [5.74, 6) is -1.04. The predicted octanol–water partition coefficient (Wildman–Crippen LogP) is 1.46. The number of nitrogens with zero attached hydrogens (tertiary/aromatic N) is 2. The van der Waals surface area contributed by atoms with Crippen LogP contribution in [0.2, 0.25) is 0 Å². The second kappa shape index (κ2) is 5.77. The number of aromatic nitrogens is 2. The molecule has 0 radical (unpaired) electrons. The maximum Gasteiger partial charge on any atom is 0.307 e. The summed E-state index contributed by atoms with van der Waals surface area (Å²) in [6.45, 7) is 3.42. The normalized spacial score (nSPS) is 14.6. The fraction of sp³-hybridized carbons (Fsp3) is 0.600. The Hall–Kier alpha value is -0.690. The van der Waals surface area contributed by atoms with E-state index in [2.05, 4.69) is 21.0 Å². The second-order valence-corrected chi connectivity index (χ2v) is 6.25. The lowest BCUT2D eigenvalue weighted by Gasteiger charge is -2.07. The van der Waals surface area contributed by atoms with Crippen LogP contribution in [-0.2, 0) is 28.4 Å². The van der Waals surface area contributed by atoms with E-state index in [-0.39, 0.29) is 5.75 Å². The van der Waals surface area contributed by atoms with Crippen molar-refractivity contribution in [1.82, 2.24) is 9.78 Å². The van der Waals surface area contributed by atoms with Crippen molar-refractivity contribution in [1.29, 1.82) is 0 Å². The molecule has 0 amide bonds. The summed E-state index contributed by atoms with van der Waals surface area (Å²) in [4.78, 5) is 10.7. The Morgan fingerprint density at radius 2 is 2.24 bits per heavy atom. The van der Waals surface area contributed by atoms with E-state index in [0.717, 1.165) is 15.9 Å². The number of rotatable bonds is 5. The van der Waals surface area contributed by atoms with E-state index in [1.54, 1.807) is 18.7 Å². The molecule has 0 bridgehead atoms. The average Bonchev–Trinajstić information content (AvgIpc) is 2.45. The first-order valence-electron chi connectivity index (χ1n) is 5.08. The first kappa shape index (κ1) is 14.4. The minimum atomic E-state index is -1.20. The van der Waals surface area contributed by atoms with Gasteiger partial charge in [-0.15, -0.1) is 0 Å². The summed E-state index contributed by atoms with van der Waals surface area (Å²) in [5.41, 5.74) is 1.67. The van der Waals surface area contributed by atoms with Gasteiger partial charge in [-0.3, -0.25) is 13.7 Å². The average molecular weight is 323 g/mol. The maximum atomic E-state index is 11.8. The van der Waals surface area contributed by atoms with Crippen LogP contribution in [0.4, 0.5) is 0 Å². The molecule has 0 saturated heterocycles. The molecule has 17 heavy (non-hydrogen) atoms. The van der Waals surface area contributed by atoms with E-state index < -0.39 is 22.7 Å². The van der Waals surface area contributed by atoms with E-state index in [9.17, 15) is 9.00 Å². The van der Waals surface area contributed by atoms with Gasteiger partial charge in [0.15, 0.2) is 0 Å². The van der Waals surface area contributed by atoms with Crippen molar-refractivity contribution < 1.29 is 14.1 Å². The Morgan fingerprint density at radius 3 is 2.65 bits per heavy atom. The predicted molar refractivity (Wildman–Crippen MR) is 69.2 cm³/mol. The highest BCUT2D eigenvalue weighted by Crippen LogP contribution is 2.21. The lowest BCUT2D eigenvalue weighted by Crippen LogP contribution is -2.18. The Kier molecular flexibility index (Phi) is 4.88. The van der Waals surface area contributed by atoms with Gasteiger partial charge in [0.05, 0.1) is 27.5 Å². The first-order chi connectivity index (χ1) is 7.82. The van der Waals surface area contributed by atoms with Crippen molar-refractivity contribution in [2.45, 2.75) is 19.6 Å². The molecular weight excluding hydrogens is 308 g/mol. The van der Waals surface area contributed by atoms with Crippen LogP contribution in [0.3, 0.4) is 0 Å². The summed E-state index contributed by atoms with van der Waals surface area (Å²) in [7, 11) is 0.582. The Bertz CT molecular complexity index is 459. The molecule has 2 unspecified atom stereocenters. The molecule has 5 nitrogen and oxygen atoms in total. The van der Waals surface area contributed by atoms with Crippen LogP contribution in [-0.4, -0.2) is 30.8 Å². The minimum absolute atomic E-state index is 0.159. The lowest BCUT2D eigenvalue weighted by atomic mass is 10.2. The largest absolute Gasteiger partial charge is 0.481 e. The van der Waals surface area contributed by atoms with Gasteiger partial charge >= 0.3 is 5.97 Å². The third-order valence-electron chi connectivity index (χ3n) is 2.42. The molecule has 0 saturated carbocycles. The van der Waals surface area contributed by atoms with Crippen LogP contribution in [0.1, 0.15) is 18.3 Å². The molecule has 2 atom stereocenters. The molecule has 1 aromatic heterocycles. The molecule has 0 aliphatic carbocycles. The first-order valence-corrected chi connectivity index (χ1v) is 7.36. The monoisotopic (exact) mass is 322 g/mol. The van der Waals surface area contributed by atoms with Gasteiger partial charge in [0, 0.05) is 23.6 Å². The van der Waals surface area contributed by atoms with Crippen molar-refractivity contribution in [3.05, 3.63) is 15.9 Å². The van der Waals surface area contributed by atoms with Crippen molar-refractivity contribution in [3.63, 3.8) is 0 Å². The highest BCUT2D eigenvalue weighted by molar-refractivity contribution is 9.10. The minimum Gasteiger partial charge on any atom is -0.481 e. The van der Waals surface area contributed by atoms with Gasteiger partial charge in [0.25, 0.3) is 0 Å². The fourth-order valence-electron chi connectivity index (χ4n) is 1.40. The summed E-state index contributed by atoms with van der Waals surface area (Å²) in [5, 5.41) is 12.9. The number of halogens is 1. The molecule has 0 fully saturated rings. The zero-order valence-corrected chi connectivity index (χ0v) is 12.3. The van der Waals surface area contributed by atoms with E-state index in [1.807, 2.05) is 6.92 Å². The van der Waals surface area contributed by atoms with Crippen molar-refractivity contribution in [3.8, 4) is 0 Å². The van der Waals surface area contributed by atoms with E-state index in [0.29, 0.717) is 5.75 Å². The number of carbonyl (C=O) groups is 1. The van der Waals surface area contributed by atoms with Gasteiger partial charge in [0.2, 0.25) is 0 Å². The molecule has 1 heterocycles. The number of aliphatic carboxylic acids is 1. The van der Waals surface area contributed by atoms with Crippen LogP contribution in [0.25, 0.3) is 0 Å². The number of aryl methyl sites for hydroxylation is 2. The van der Waals surface area contributed by atoms with Crippen molar-refractivity contribution in [2.24, 2.45) is 13.0 Å². The summed E-state index contributed by atoms with van der Waals surface area (Å²) in [6.07, 6.45) is 0. The van der Waals surface area contributed by atoms with Crippen LogP contribution in [0.5, 0.6) is 0 Å². The van der Waals surface area contributed by atoms with Crippen LogP contribution in [0, 0.1) is 12.8 Å².